The van der Waals surface area contributed by atoms with Gasteiger partial charge in [0, 0.05) is 68.3 Å². The second-order valence-corrected chi connectivity index (χ2v) is 10.8. The summed E-state index contributed by atoms with van der Waals surface area (Å²) in [5, 5.41) is 10.8. The fourth-order valence-corrected chi connectivity index (χ4v) is 6.02. The molecule has 0 aliphatic carbocycles. The van der Waals surface area contributed by atoms with Crippen LogP contribution < -0.4 is 31.3 Å². The van der Waals surface area contributed by atoms with E-state index < -0.39 is 0 Å². The van der Waals surface area contributed by atoms with E-state index in [1.165, 1.54) is 11.6 Å². The summed E-state index contributed by atoms with van der Waals surface area (Å²) in [5.41, 5.74) is 4.53. The van der Waals surface area contributed by atoms with Gasteiger partial charge in [-0.25, -0.2) is 9.37 Å². The van der Waals surface area contributed by atoms with E-state index in [0.717, 1.165) is 43.8 Å². The van der Waals surface area contributed by atoms with Crippen molar-refractivity contribution in [2.75, 3.05) is 59.7 Å². The molecule has 1 saturated heterocycles. The summed E-state index contributed by atoms with van der Waals surface area (Å²) in [6, 6.07) is 15.4. The first kappa shape index (κ1) is 27.0. The van der Waals surface area contributed by atoms with Gasteiger partial charge in [-0.15, -0.1) is 0 Å². The molecular weight excluding hydrogens is 519 g/mol. The van der Waals surface area contributed by atoms with Gasteiger partial charge in [-0.2, -0.15) is 4.98 Å². The van der Waals surface area contributed by atoms with Gasteiger partial charge in [0.15, 0.2) is 0 Å². The molecule has 2 aliphatic heterocycles. The fourth-order valence-electron chi connectivity index (χ4n) is 6.02. The number of aromatic nitrogens is 3. The Bertz CT molecular complexity index is 1620. The van der Waals surface area contributed by atoms with Crippen LogP contribution in [0.3, 0.4) is 0 Å². The lowest BCUT2D eigenvalue weighted by molar-refractivity contribution is 0.478. The topological polar surface area (TPSA) is 90.3 Å². The molecule has 0 spiro atoms. The molecule has 0 radical (unpaired) electrons. The van der Waals surface area contributed by atoms with E-state index in [9.17, 15) is 4.79 Å². The molecule has 2 aromatic carbocycles. The largest absolute Gasteiger partial charge is 0.383 e. The highest BCUT2D eigenvalue weighted by atomic mass is 19.1. The summed E-state index contributed by atoms with van der Waals surface area (Å²) in [6.07, 6.45) is 2.45. The normalized spacial score (nSPS) is 18.6. The predicted octanol–water partition coefficient (Wildman–Crippen LogP) is 4.53. The Hall–Kier alpha value is -4.18. The first-order chi connectivity index (χ1) is 19.9. The molecule has 10 heteroatoms. The number of anilines is 5. The first-order valence-corrected chi connectivity index (χ1v) is 14.5. The molecule has 2 unspecified atom stereocenters. The zero-order chi connectivity index (χ0) is 28.5. The number of halogens is 1. The Morgan fingerprint density at radius 1 is 1.15 bits per heavy atom. The number of piperazine rings is 1. The molecule has 4 heterocycles. The number of hydrogen-bond acceptors (Lipinski definition) is 8. The lowest BCUT2D eigenvalue weighted by atomic mass is 9.99. The Morgan fingerprint density at radius 3 is 2.76 bits per heavy atom. The predicted molar refractivity (Wildman–Crippen MR) is 164 cm³/mol. The quantitative estimate of drug-likeness (QED) is 0.306. The van der Waals surface area contributed by atoms with Gasteiger partial charge in [0.25, 0.3) is 5.56 Å². The standard InChI is InChI=1S/C31H37FN8O/c1-4-38(5-2)28-15-22-17-35-31(36-23-10-11-27(25(32)16-23)39-13-12-33-20(3)19-39)37-29(22)40(30(28)41)24-14-21-8-6-7-9-26(21)34-18-24/h6-11,15-17,20,24,33-34H,4-5,12-14,18-19H2,1-3H3,(H,35,36,37). The molecule has 0 saturated carbocycles. The molecule has 2 atom stereocenters. The number of nitrogens with zero attached hydrogens (tertiary/aromatic N) is 5. The summed E-state index contributed by atoms with van der Waals surface area (Å²) in [4.78, 5) is 27.5. The summed E-state index contributed by atoms with van der Waals surface area (Å²) < 4.78 is 17.0. The van der Waals surface area contributed by atoms with Crippen molar-refractivity contribution >= 4 is 39.7 Å². The van der Waals surface area contributed by atoms with E-state index in [-0.39, 0.29) is 17.4 Å². The van der Waals surface area contributed by atoms with Gasteiger partial charge >= 0.3 is 0 Å². The van der Waals surface area contributed by atoms with Crippen molar-refractivity contribution in [1.29, 1.82) is 0 Å². The molecule has 4 aromatic rings. The van der Waals surface area contributed by atoms with Gasteiger partial charge < -0.3 is 25.8 Å². The molecule has 41 heavy (non-hydrogen) atoms. The number of para-hydroxylation sites is 1. The van der Waals surface area contributed by atoms with Crippen molar-refractivity contribution < 1.29 is 4.39 Å². The van der Waals surface area contributed by atoms with E-state index in [1.54, 1.807) is 12.3 Å². The Balaban J connectivity index is 1.37. The third kappa shape index (κ3) is 5.31. The van der Waals surface area contributed by atoms with Crippen molar-refractivity contribution in [3.8, 4) is 0 Å². The van der Waals surface area contributed by atoms with Gasteiger partial charge in [0.2, 0.25) is 5.95 Å². The Labute approximate surface area is 239 Å². The molecule has 0 amide bonds. The number of fused-ring (bicyclic) bond motifs is 2. The number of rotatable bonds is 7. The zero-order valence-corrected chi connectivity index (χ0v) is 23.8. The van der Waals surface area contributed by atoms with Gasteiger partial charge in [-0.05, 0) is 63.1 Å². The van der Waals surface area contributed by atoms with Crippen LogP contribution in [-0.2, 0) is 6.42 Å². The van der Waals surface area contributed by atoms with Crippen molar-refractivity contribution in [3.05, 3.63) is 76.5 Å². The zero-order valence-electron chi connectivity index (χ0n) is 23.8. The molecule has 0 bridgehead atoms. The maximum absolute atomic E-state index is 15.2. The Morgan fingerprint density at radius 2 is 1.98 bits per heavy atom. The Kier molecular flexibility index (Phi) is 7.49. The second-order valence-electron chi connectivity index (χ2n) is 10.8. The van der Waals surface area contributed by atoms with Crippen molar-refractivity contribution in [2.45, 2.75) is 39.3 Å². The van der Waals surface area contributed by atoms with Crippen LogP contribution in [0, 0.1) is 5.82 Å². The minimum Gasteiger partial charge on any atom is -0.383 e. The summed E-state index contributed by atoms with van der Waals surface area (Å²) in [7, 11) is 0. The molecule has 3 N–H and O–H groups in total. The van der Waals surface area contributed by atoms with Crippen LogP contribution in [-0.4, -0.2) is 59.8 Å². The van der Waals surface area contributed by atoms with Crippen molar-refractivity contribution in [2.24, 2.45) is 0 Å². The van der Waals surface area contributed by atoms with Crippen LogP contribution in [0.1, 0.15) is 32.4 Å². The average Bonchev–Trinajstić information content (AvgIpc) is 2.98. The number of nitrogens with one attached hydrogen (secondary N) is 3. The lowest BCUT2D eigenvalue weighted by Gasteiger charge is -2.33. The summed E-state index contributed by atoms with van der Waals surface area (Å²) in [6.45, 7) is 10.6. The highest BCUT2D eigenvalue weighted by molar-refractivity contribution is 5.80. The number of hydrogen-bond donors (Lipinski definition) is 3. The van der Waals surface area contributed by atoms with Crippen molar-refractivity contribution in [1.82, 2.24) is 19.9 Å². The minimum absolute atomic E-state index is 0.0716. The molecule has 214 valence electrons. The maximum atomic E-state index is 15.2. The highest BCUT2D eigenvalue weighted by Crippen LogP contribution is 2.30. The van der Waals surface area contributed by atoms with Crippen LogP contribution in [0.15, 0.2) is 59.5 Å². The van der Waals surface area contributed by atoms with Gasteiger partial charge in [-0.1, -0.05) is 18.2 Å². The molecule has 1 fully saturated rings. The third-order valence-corrected chi connectivity index (χ3v) is 8.14. The maximum Gasteiger partial charge on any atom is 0.276 e. The smallest absolute Gasteiger partial charge is 0.276 e. The van der Waals surface area contributed by atoms with E-state index >= 15 is 4.39 Å². The summed E-state index contributed by atoms with van der Waals surface area (Å²) in [5.74, 6) is 0.0194. The SMILES string of the molecule is CCN(CC)c1cc2cnc(Nc3ccc(N4CCNC(C)C4)c(F)c3)nc2n(C2CNc3ccccc3C2)c1=O. The van der Waals surface area contributed by atoms with E-state index in [4.69, 9.17) is 4.98 Å². The lowest BCUT2D eigenvalue weighted by Crippen LogP contribution is -2.49. The molecule has 2 aliphatic rings. The minimum atomic E-state index is -0.294. The van der Waals surface area contributed by atoms with Crippen LogP contribution in [0.5, 0.6) is 0 Å². The molecule has 9 nitrogen and oxygen atoms in total. The second kappa shape index (κ2) is 11.4. The monoisotopic (exact) mass is 556 g/mol. The van der Waals surface area contributed by atoms with Crippen LogP contribution in [0.25, 0.3) is 11.0 Å². The fraction of sp³-hybridized carbons (Fsp3) is 0.387. The number of benzene rings is 2. The van der Waals surface area contributed by atoms with Crippen LogP contribution >= 0.6 is 0 Å². The molecule has 6 rings (SSSR count). The molecule has 2 aromatic heterocycles. The third-order valence-electron chi connectivity index (χ3n) is 8.14. The number of pyridine rings is 1. The van der Waals surface area contributed by atoms with Crippen LogP contribution in [0.2, 0.25) is 0 Å². The molecular formula is C31H37FN8O. The van der Waals surface area contributed by atoms with Gasteiger partial charge in [0.1, 0.15) is 17.2 Å². The first-order valence-electron chi connectivity index (χ1n) is 14.5. The summed E-state index contributed by atoms with van der Waals surface area (Å²) >= 11 is 0. The van der Waals surface area contributed by atoms with E-state index in [1.807, 2.05) is 42.7 Å². The van der Waals surface area contributed by atoms with Crippen LogP contribution in [0.4, 0.5) is 33.1 Å². The highest BCUT2D eigenvalue weighted by Gasteiger charge is 2.25. The van der Waals surface area contributed by atoms with E-state index in [0.29, 0.717) is 47.7 Å². The van der Waals surface area contributed by atoms with Gasteiger partial charge in [0.05, 0.1) is 11.7 Å². The van der Waals surface area contributed by atoms with E-state index in [2.05, 4.69) is 49.8 Å². The van der Waals surface area contributed by atoms with Gasteiger partial charge in [-0.3, -0.25) is 9.36 Å². The average molecular weight is 557 g/mol. The van der Waals surface area contributed by atoms with Crippen molar-refractivity contribution in [3.63, 3.8) is 0 Å².